The largest absolute Gasteiger partial charge is 0.185 e. The Balaban J connectivity index is 2.28. The van der Waals surface area contributed by atoms with Crippen molar-refractivity contribution in [1.29, 1.82) is 5.26 Å². The van der Waals surface area contributed by atoms with Crippen LogP contribution < -0.4 is 0 Å². The first-order valence-corrected chi connectivity index (χ1v) is 8.59. The molecule has 0 atom stereocenters. The molecule has 3 aromatic rings. The predicted octanol–water partition coefficient (Wildman–Crippen LogP) is 6.13. The van der Waals surface area contributed by atoms with Crippen LogP contribution >= 0.6 is 11.8 Å². The van der Waals surface area contributed by atoms with Crippen LogP contribution in [0.5, 0.6) is 0 Å². The number of hydrogen-bond donors (Lipinski definition) is 0. The Morgan fingerprint density at radius 3 is 1.67 bits per heavy atom. The first-order chi connectivity index (χ1) is 11.8. The maximum atomic E-state index is 9.37. The maximum Gasteiger partial charge on any atom is 0.138 e. The molecule has 3 rings (SSSR count). The number of aryl methyl sites for hydroxylation is 1. The minimum atomic E-state index is 0.981. The lowest BCUT2D eigenvalue weighted by Gasteiger charge is -2.14. The van der Waals surface area contributed by atoms with E-state index in [0.29, 0.717) is 0 Å². The van der Waals surface area contributed by atoms with Gasteiger partial charge in [0.2, 0.25) is 0 Å². The molecule has 0 aromatic heterocycles. The molecule has 0 aliphatic carbocycles. The summed E-state index contributed by atoms with van der Waals surface area (Å²) >= 11 is 1.22. The summed E-state index contributed by atoms with van der Waals surface area (Å²) in [5.74, 6) is 0. The van der Waals surface area contributed by atoms with Crippen molar-refractivity contribution in [3.05, 3.63) is 107 Å². The van der Waals surface area contributed by atoms with Crippen LogP contribution in [-0.2, 0) is 0 Å². The zero-order valence-electron chi connectivity index (χ0n) is 13.4. The minimum Gasteiger partial charge on any atom is -0.185 e. The quantitative estimate of drug-likeness (QED) is 0.425. The number of thioether (sulfide) groups is 1. The van der Waals surface area contributed by atoms with E-state index in [-0.39, 0.29) is 0 Å². The Morgan fingerprint density at radius 2 is 1.21 bits per heavy atom. The van der Waals surface area contributed by atoms with Gasteiger partial charge in [-0.15, -0.1) is 0 Å². The number of hydrogen-bond acceptors (Lipinski definition) is 2. The summed E-state index contributed by atoms with van der Waals surface area (Å²) in [7, 11) is 0. The molecule has 0 spiro atoms. The fourth-order valence-corrected chi connectivity index (χ4v) is 3.33. The first kappa shape index (κ1) is 16.1. The number of nitrogens with zero attached hydrogens (tertiary/aromatic N) is 1. The second kappa shape index (κ2) is 7.68. The molecule has 0 N–H and O–H groups in total. The van der Waals surface area contributed by atoms with Crippen LogP contribution in [0.2, 0.25) is 0 Å². The van der Waals surface area contributed by atoms with Crippen LogP contribution in [-0.4, -0.2) is 0 Å². The molecule has 3 aromatic carbocycles. The van der Waals surface area contributed by atoms with Gasteiger partial charge in [0.1, 0.15) is 5.40 Å². The van der Waals surface area contributed by atoms with Gasteiger partial charge in [-0.1, -0.05) is 90.5 Å². The Bertz CT molecular complexity index is 831. The number of benzene rings is 3. The van der Waals surface area contributed by atoms with Crippen molar-refractivity contribution in [1.82, 2.24) is 0 Å². The highest BCUT2D eigenvalue weighted by Crippen LogP contribution is 2.38. The lowest BCUT2D eigenvalue weighted by Crippen LogP contribution is -1.93. The Morgan fingerprint density at radius 1 is 0.708 bits per heavy atom. The molecule has 0 radical (unpaired) electrons. The molecule has 2 heteroatoms. The van der Waals surface area contributed by atoms with E-state index in [1.54, 1.807) is 0 Å². The number of nitriles is 1. The van der Waals surface area contributed by atoms with Gasteiger partial charge in [0.05, 0.1) is 0 Å². The smallest absolute Gasteiger partial charge is 0.138 e. The summed E-state index contributed by atoms with van der Waals surface area (Å²) in [6, 6.07) is 28.8. The normalized spacial score (nSPS) is 10.0. The van der Waals surface area contributed by atoms with Crippen molar-refractivity contribution in [2.45, 2.75) is 6.92 Å². The Hall–Kier alpha value is -2.76. The zero-order valence-corrected chi connectivity index (χ0v) is 14.3. The molecule has 0 bridgehead atoms. The molecule has 0 unspecified atom stereocenters. The first-order valence-electron chi connectivity index (χ1n) is 7.77. The van der Waals surface area contributed by atoms with Gasteiger partial charge in [0, 0.05) is 10.5 Å². The standard InChI is InChI=1S/C22H17NS/c1-17-12-14-20(15-13-17)22(24-16-23)21(18-8-4-2-5-9-18)19-10-6-3-7-11-19/h2-15H,1H3. The van der Waals surface area contributed by atoms with E-state index in [1.807, 2.05) is 36.4 Å². The van der Waals surface area contributed by atoms with Crippen LogP contribution in [0.3, 0.4) is 0 Å². The van der Waals surface area contributed by atoms with Crippen molar-refractivity contribution in [3.8, 4) is 5.40 Å². The van der Waals surface area contributed by atoms with E-state index in [2.05, 4.69) is 60.9 Å². The SMILES string of the molecule is Cc1ccc(C(SC#N)=C(c2ccccc2)c2ccccc2)cc1. The van der Waals surface area contributed by atoms with Crippen molar-refractivity contribution < 1.29 is 0 Å². The van der Waals surface area contributed by atoms with Crippen LogP contribution in [0.1, 0.15) is 22.3 Å². The van der Waals surface area contributed by atoms with Gasteiger partial charge in [-0.2, -0.15) is 5.26 Å². The van der Waals surface area contributed by atoms with Gasteiger partial charge in [-0.3, -0.25) is 0 Å². The van der Waals surface area contributed by atoms with Gasteiger partial charge in [0.15, 0.2) is 0 Å². The summed E-state index contributed by atoms with van der Waals surface area (Å²) in [6.07, 6.45) is 0. The van der Waals surface area contributed by atoms with Crippen molar-refractivity contribution in [3.63, 3.8) is 0 Å². The molecule has 0 saturated carbocycles. The van der Waals surface area contributed by atoms with Crippen molar-refractivity contribution in [2.75, 3.05) is 0 Å². The predicted molar refractivity (Wildman–Crippen MR) is 103 cm³/mol. The molecule has 0 aliphatic heterocycles. The van der Waals surface area contributed by atoms with E-state index in [1.165, 1.54) is 17.3 Å². The molecule has 0 heterocycles. The third-order valence-electron chi connectivity index (χ3n) is 3.81. The van der Waals surface area contributed by atoms with Crippen LogP contribution in [0.15, 0.2) is 84.9 Å². The highest BCUT2D eigenvalue weighted by molar-refractivity contribution is 8.12. The van der Waals surface area contributed by atoms with Crippen molar-refractivity contribution >= 4 is 22.2 Å². The lowest BCUT2D eigenvalue weighted by molar-refractivity contribution is 1.46. The molecule has 0 fully saturated rings. The highest BCUT2D eigenvalue weighted by atomic mass is 32.2. The minimum absolute atomic E-state index is 0.981. The zero-order chi connectivity index (χ0) is 16.8. The van der Waals surface area contributed by atoms with E-state index in [0.717, 1.165) is 27.2 Å². The molecular weight excluding hydrogens is 310 g/mol. The summed E-state index contributed by atoms with van der Waals surface area (Å²) in [6.45, 7) is 2.07. The maximum absolute atomic E-state index is 9.37. The summed E-state index contributed by atoms with van der Waals surface area (Å²) < 4.78 is 0. The van der Waals surface area contributed by atoms with E-state index in [4.69, 9.17) is 0 Å². The van der Waals surface area contributed by atoms with E-state index in [9.17, 15) is 5.26 Å². The monoisotopic (exact) mass is 327 g/mol. The van der Waals surface area contributed by atoms with Crippen molar-refractivity contribution in [2.24, 2.45) is 0 Å². The summed E-state index contributed by atoms with van der Waals surface area (Å²) in [4.78, 5) is 0.981. The number of thiocyanates is 1. The van der Waals surface area contributed by atoms with Crippen LogP contribution in [0, 0.1) is 17.6 Å². The molecule has 116 valence electrons. The van der Waals surface area contributed by atoms with Gasteiger partial charge >= 0.3 is 0 Å². The van der Waals surface area contributed by atoms with Gasteiger partial charge in [0.25, 0.3) is 0 Å². The number of rotatable bonds is 4. The van der Waals surface area contributed by atoms with E-state index >= 15 is 0 Å². The third-order valence-corrected chi connectivity index (χ3v) is 4.55. The van der Waals surface area contributed by atoms with Crippen LogP contribution in [0.25, 0.3) is 10.5 Å². The molecular formula is C22H17NS. The lowest BCUT2D eigenvalue weighted by atomic mass is 9.95. The topological polar surface area (TPSA) is 23.8 Å². The molecule has 0 aliphatic rings. The molecule has 0 amide bonds. The fourth-order valence-electron chi connectivity index (χ4n) is 2.64. The molecule has 24 heavy (non-hydrogen) atoms. The summed E-state index contributed by atoms with van der Waals surface area (Å²) in [5, 5.41) is 11.6. The van der Waals surface area contributed by atoms with E-state index < -0.39 is 0 Å². The van der Waals surface area contributed by atoms with Gasteiger partial charge < -0.3 is 0 Å². The second-order valence-corrected chi connectivity index (χ2v) is 6.29. The molecule has 1 nitrogen and oxygen atoms in total. The Kier molecular flexibility index (Phi) is 5.15. The van der Waals surface area contributed by atoms with Gasteiger partial charge in [-0.05, 0) is 35.4 Å². The van der Waals surface area contributed by atoms with Gasteiger partial charge in [-0.25, -0.2) is 0 Å². The molecule has 0 saturated heterocycles. The second-order valence-electron chi connectivity index (χ2n) is 5.50. The average molecular weight is 327 g/mol. The third kappa shape index (κ3) is 3.59. The average Bonchev–Trinajstić information content (AvgIpc) is 2.64. The summed E-state index contributed by atoms with van der Waals surface area (Å²) in [5.41, 5.74) is 5.59. The highest BCUT2D eigenvalue weighted by Gasteiger charge is 2.14. The Labute approximate surface area is 147 Å². The van der Waals surface area contributed by atoms with Crippen LogP contribution in [0.4, 0.5) is 0 Å². The fraction of sp³-hybridized carbons (Fsp3) is 0.0455.